The van der Waals surface area contributed by atoms with E-state index in [0.717, 1.165) is 0 Å². The van der Waals surface area contributed by atoms with Crippen LogP contribution in [0.1, 0.15) is 52.9 Å². The molecule has 0 spiro atoms. The van der Waals surface area contributed by atoms with E-state index in [4.69, 9.17) is 18.6 Å². The molecule has 2 aromatic rings. The van der Waals surface area contributed by atoms with Crippen LogP contribution < -0.4 is 0 Å². The van der Waals surface area contributed by atoms with E-state index in [9.17, 15) is 10.8 Å². The second-order valence-electron chi connectivity index (χ2n) is 7.70. The fourth-order valence-electron chi connectivity index (χ4n) is 1.77. The van der Waals surface area contributed by atoms with Crippen LogP contribution in [-0.4, -0.2) is 21.4 Å². The van der Waals surface area contributed by atoms with Gasteiger partial charge < -0.3 is 10.8 Å². The first-order valence-electron chi connectivity index (χ1n) is 8.37. The minimum absolute atomic E-state index is 0.228. The summed E-state index contributed by atoms with van der Waals surface area (Å²) < 4.78 is 0. The molecule has 0 saturated heterocycles. The first kappa shape index (κ1) is 25.9. The minimum atomic E-state index is -0.556. The molecule has 0 radical (unpaired) electrons. The molecule has 7 heteroatoms. The van der Waals surface area contributed by atoms with Crippen LogP contribution in [0.4, 0.5) is 0 Å². The molecule has 2 rings (SSSR count). The molecule has 0 bridgehead atoms. The van der Waals surface area contributed by atoms with E-state index >= 15 is 0 Å². The summed E-state index contributed by atoms with van der Waals surface area (Å²) in [6, 6.07) is 11.0. The second kappa shape index (κ2) is 12.4. The summed E-state index contributed by atoms with van der Waals surface area (Å²) in [5.74, 6) is 0. The van der Waals surface area contributed by atoms with Gasteiger partial charge in [-0.2, -0.15) is 0 Å². The number of pyridine rings is 2. The van der Waals surface area contributed by atoms with Crippen molar-refractivity contribution in [1.82, 2.24) is 9.97 Å². The zero-order valence-electron chi connectivity index (χ0n) is 16.7. The van der Waals surface area contributed by atoms with Gasteiger partial charge in [-0.05, 0) is 35.1 Å². The molecule has 0 unspecified atom stereocenters. The summed E-state index contributed by atoms with van der Waals surface area (Å²) in [6.45, 7) is 11.7. The number of halogens is 2. The van der Waals surface area contributed by atoms with Gasteiger partial charge in [-0.1, -0.05) is 53.7 Å². The summed E-state index contributed by atoms with van der Waals surface area (Å²) >= 11 is -0.556. The molecule has 0 N–H and O–H groups in total. The maximum absolute atomic E-state index is 9.71. The van der Waals surface area contributed by atoms with Crippen molar-refractivity contribution in [3.63, 3.8) is 0 Å². The quantitative estimate of drug-likeness (QED) is 0.403. The molecule has 0 fully saturated rings. The van der Waals surface area contributed by atoms with E-state index in [1.807, 2.05) is 65.8 Å². The molecule has 0 saturated carbocycles. The molecular formula is C20H26Cl2N4Ti-2. The molecule has 0 atom stereocenters. The first-order chi connectivity index (χ1) is 12.4. The van der Waals surface area contributed by atoms with Gasteiger partial charge in [0.2, 0.25) is 0 Å². The Balaban J connectivity index is 0.000000438. The van der Waals surface area contributed by atoms with Crippen molar-refractivity contribution in [2.75, 3.05) is 0 Å². The fraction of sp³-hybridized carbons (Fsp3) is 0.400. The molecule has 2 aromatic heterocycles. The average Bonchev–Trinajstić information content (AvgIpc) is 2.61. The molecule has 27 heavy (non-hydrogen) atoms. The molecule has 0 amide bonds. The summed E-state index contributed by atoms with van der Waals surface area (Å²) in [4.78, 5) is 8.12. The van der Waals surface area contributed by atoms with Crippen molar-refractivity contribution in [3.8, 4) is 0 Å². The van der Waals surface area contributed by atoms with E-state index in [-0.39, 0.29) is 10.8 Å². The van der Waals surface area contributed by atoms with Crippen LogP contribution in [0.2, 0.25) is 0 Å². The third-order valence-corrected chi connectivity index (χ3v) is 3.24. The van der Waals surface area contributed by atoms with E-state index < -0.39 is 17.0 Å². The predicted molar refractivity (Wildman–Crippen MR) is 114 cm³/mol. The maximum atomic E-state index is 9.71. The van der Waals surface area contributed by atoms with Crippen LogP contribution in [0.3, 0.4) is 0 Å². The van der Waals surface area contributed by atoms with Gasteiger partial charge in [0.25, 0.3) is 0 Å². The molecular weight excluding hydrogens is 415 g/mol. The zero-order chi connectivity index (χ0) is 21.1. The Morgan fingerprint density at radius 3 is 1.22 bits per heavy atom. The monoisotopic (exact) mass is 440 g/mol. The van der Waals surface area contributed by atoms with Gasteiger partial charge in [-0.3, -0.25) is 9.97 Å². The van der Waals surface area contributed by atoms with Gasteiger partial charge in [0.15, 0.2) is 0 Å². The van der Waals surface area contributed by atoms with Crippen LogP contribution in [0, 0.1) is 10.8 Å². The number of hydrogen-bond acceptors (Lipinski definition) is 2. The van der Waals surface area contributed by atoms with Crippen molar-refractivity contribution in [1.29, 1.82) is 0 Å². The number of aromatic nitrogens is 2. The Morgan fingerprint density at radius 1 is 0.741 bits per heavy atom. The summed E-state index contributed by atoms with van der Waals surface area (Å²) in [6.07, 6.45) is 3.36. The first-order valence-corrected chi connectivity index (χ1v) is 12.7. The Morgan fingerprint density at radius 2 is 1.04 bits per heavy atom. The third kappa shape index (κ3) is 10.7. The van der Waals surface area contributed by atoms with E-state index in [1.54, 1.807) is 24.5 Å². The van der Waals surface area contributed by atoms with Gasteiger partial charge in [-0.15, -0.1) is 11.4 Å². The Kier molecular flexibility index (Phi) is 11.9. The predicted octanol–water partition coefficient (Wildman–Crippen LogP) is 6.35. The van der Waals surface area contributed by atoms with E-state index in [2.05, 4.69) is 9.97 Å². The molecule has 0 aromatic carbocycles. The van der Waals surface area contributed by atoms with Crippen LogP contribution in [0.5, 0.6) is 0 Å². The van der Waals surface area contributed by atoms with Crippen LogP contribution in [-0.2, 0) is 17.0 Å². The van der Waals surface area contributed by atoms with Gasteiger partial charge in [0, 0.05) is 23.8 Å². The van der Waals surface area contributed by atoms with Crippen molar-refractivity contribution in [3.05, 3.63) is 71.0 Å². The third-order valence-electron chi connectivity index (χ3n) is 3.24. The molecule has 0 aliphatic carbocycles. The van der Waals surface area contributed by atoms with Crippen molar-refractivity contribution < 1.29 is 17.0 Å². The van der Waals surface area contributed by atoms with Gasteiger partial charge in [-0.25, -0.2) is 0 Å². The van der Waals surface area contributed by atoms with Crippen molar-refractivity contribution >= 4 is 30.0 Å². The molecule has 2 heterocycles. The zero-order valence-corrected chi connectivity index (χ0v) is 19.7. The van der Waals surface area contributed by atoms with Crippen molar-refractivity contribution in [2.45, 2.75) is 41.5 Å². The van der Waals surface area contributed by atoms with Gasteiger partial charge >= 0.3 is 35.6 Å². The summed E-state index contributed by atoms with van der Waals surface area (Å²) in [5, 5.41) is 19.4. The van der Waals surface area contributed by atoms with Crippen LogP contribution in [0.15, 0.2) is 48.8 Å². The molecule has 0 aliphatic heterocycles. The van der Waals surface area contributed by atoms with E-state index in [1.165, 1.54) is 0 Å². The number of nitrogens with zero attached hydrogens (tertiary/aromatic N) is 4. The Bertz CT molecular complexity index is 632. The van der Waals surface area contributed by atoms with Gasteiger partial charge in [0.1, 0.15) is 0 Å². The van der Waals surface area contributed by atoms with Crippen LogP contribution >= 0.6 is 18.6 Å². The fourth-order valence-corrected chi connectivity index (χ4v) is 1.77. The summed E-state index contributed by atoms with van der Waals surface area (Å²) in [7, 11) is 9.78. The molecule has 0 aliphatic rings. The normalized spacial score (nSPS) is 10.5. The van der Waals surface area contributed by atoms with Gasteiger partial charge in [0.05, 0.1) is 0 Å². The summed E-state index contributed by atoms with van der Waals surface area (Å²) in [5.41, 5.74) is 1.53. The SMILES string of the molecule is CC(C)(C)C(=[N-])c1ccccn1.CC(C)(C)C(=[N-])c1ccccn1.[Cl][Ti][Cl]. The van der Waals surface area contributed by atoms with E-state index in [0.29, 0.717) is 22.8 Å². The topological polar surface area (TPSA) is 70.4 Å². The second-order valence-corrected chi connectivity index (χ2v) is 10.3. The van der Waals surface area contributed by atoms with Crippen molar-refractivity contribution in [2.24, 2.45) is 10.8 Å². The Hall–Kier alpha value is -1.07. The molecule has 4 nitrogen and oxygen atoms in total. The Labute approximate surface area is 179 Å². The standard InChI is InChI=1S/2C10H13N2.2ClH.Ti/c2*1-10(2,3)9(11)8-6-4-5-7-12-8;;;/h2*4-7H,1-3H3;2*1H;/q2*-1;;;+2/p-2. The van der Waals surface area contributed by atoms with Crippen LogP contribution in [0.25, 0.3) is 10.8 Å². The average molecular weight is 441 g/mol. The molecule has 146 valence electrons. The number of rotatable bonds is 2. The number of hydrogen-bond donors (Lipinski definition) is 0.